The van der Waals surface area contributed by atoms with Crippen LogP contribution in [0, 0.1) is 0 Å². The van der Waals surface area contributed by atoms with E-state index in [2.05, 4.69) is 5.32 Å². The van der Waals surface area contributed by atoms with Crippen molar-refractivity contribution in [1.29, 1.82) is 0 Å². The van der Waals surface area contributed by atoms with Crippen molar-refractivity contribution in [1.82, 2.24) is 4.90 Å². The highest BCUT2D eigenvalue weighted by atomic mass is 16.5. The second kappa shape index (κ2) is 10.9. The van der Waals surface area contributed by atoms with E-state index in [4.69, 9.17) is 9.47 Å². The molecule has 5 nitrogen and oxygen atoms in total. The number of anilines is 2. The molecule has 0 bridgehead atoms. The number of carbonyl (C=O) groups is 1. The minimum atomic E-state index is -0.0719. The maximum absolute atomic E-state index is 12.7. The lowest BCUT2D eigenvalue weighted by Gasteiger charge is -2.22. The van der Waals surface area contributed by atoms with Gasteiger partial charge < -0.3 is 19.7 Å². The van der Waals surface area contributed by atoms with Crippen LogP contribution in [0.5, 0.6) is 5.75 Å². The molecule has 0 spiro atoms. The number of hydrogen-bond donors (Lipinski definition) is 1. The Hall–Kier alpha value is -3.31. The first-order valence-electron chi connectivity index (χ1n) is 9.60. The summed E-state index contributed by atoms with van der Waals surface area (Å²) in [7, 11) is 1.63. The Balaban J connectivity index is 1.54. The SMILES string of the molecule is COCCN(Cc1ccccc1)C(=O)COc1ccc(Nc2ccccc2)cc1. The molecule has 1 amide bonds. The number of para-hydroxylation sites is 1. The lowest BCUT2D eigenvalue weighted by Crippen LogP contribution is -2.36. The van der Waals surface area contributed by atoms with Gasteiger partial charge in [-0.3, -0.25) is 4.79 Å². The molecule has 0 aliphatic carbocycles. The first-order valence-corrected chi connectivity index (χ1v) is 9.60. The molecule has 0 saturated carbocycles. The summed E-state index contributed by atoms with van der Waals surface area (Å²) in [6.45, 7) is 1.53. The first kappa shape index (κ1) is 20.4. The number of carbonyl (C=O) groups excluding carboxylic acids is 1. The lowest BCUT2D eigenvalue weighted by atomic mass is 10.2. The van der Waals surface area contributed by atoms with E-state index in [0.29, 0.717) is 25.4 Å². The van der Waals surface area contributed by atoms with Crippen LogP contribution in [0.2, 0.25) is 0 Å². The maximum atomic E-state index is 12.7. The number of nitrogens with zero attached hydrogens (tertiary/aromatic N) is 1. The van der Waals surface area contributed by atoms with Crippen LogP contribution < -0.4 is 10.1 Å². The van der Waals surface area contributed by atoms with Crippen LogP contribution in [0.25, 0.3) is 0 Å². The van der Waals surface area contributed by atoms with Gasteiger partial charge in [-0.05, 0) is 42.0 Å². The van der Waals surface area contributed by atoms with E-state index < -0.39 is 0 Å². The fourth-order valence-corrected chi connectivity index (χ4v) is 2.86. The van der Waals surface area contributed by atoms with E-state index in [1.54, 1.807) is 12.0 Å². The van der Waals surface area contributed by atoms with Gasteiger partial charge in [0.2, 0.25) is 0 Å². The van der Waals surface area contributed by atoms with Gasteiger partial charge in [-0.25, -0.2) is 0 Å². The third-order valence-corrected chi connectivity index (χ3v) is 4.41. The van der Waals surface area contributed by atoms with E-state index in [1.807, 2.05) is 84.9 Å². The zero-order chi connectivity index (χ0) is 20.3. The van der Waals surface area contributed by atoms with Gasteiger partial charge >= 0.3 is 0 Å². The molecular weight excluding hydrogens is 364 g/mol. The number of rotatable bonds is 10. The molecule has 3 rings (SSSR count). The first-order chi connectivity index (χ1) is 14.2. The molecule has 3 aromatic carbocycles. The predicted molar refractivity (Wildman–Crippen MR) is 115 cm³/mol. The second-order valence-corrected chi connectivity index (χ2v) is 6.60. The topological polar surface area (TPSA) is 50.8 Å². The molecule has 150 valence electrons. The Bertz CT molecular complexity index is 868. The van der Waals surface area contributed by atoms with Crippen LogP contribution in [-0.2, 0) is 16.1 Å². The smallest absolute Gasteiger partial charge is 0.260 e. The average molecular weight is 390 g/mol. The third-order valence-electron chi connectivity index (χ3n) is 4.41. The summed E-state index contributed by atoms with van der Waals surface area (Å²) >= 11 is 0. The van der Waals surface area contributed by atoms with Crippen molar-refractivity contribution in [3.8, 4) is 5.75 Å². The minimum absolute atomic E-state index is 0.0119. The normalized spacial score (nSPS) is 10.4. The summed E-state index contributed by atoms with van der Waals surface area (Å²) in [6.07, 6.45) is 0. The largest absolute Gasteiger partial charge is 0.484 e. The molecule has 0 saturated heterocycles. The quantitative estimate of drug-likeness (QED) is 0.554. The van der Waals surface area contributed by atoms with Crippen LogP contribution in [0.3, 0.4) is 0 Å². The van der Waals surface area contributed by atoms with Gasteiger partial charge in [0.1, 0.15) is 5.75 Å². The van der Waals surface area contributed by atoms with Gasteiger partial charge in [-0.2, -0.15) is 0 Å². The average Bonchev–Trinajstić information content (AvgIpc) is 2.77. The molecule has 1 N–H and O–H groups in total. The van der Waals surface area contributed by atoms with Gasteiger partial charge in [0.15, 0.2) is 6.61 Å². The van der Waals surface area contributed by atoms with E-state index in [9.17, 15) is 4.79 Å². The second-order valence-electron chi connectivity index (χ2n) is 6.60. The third kappa shape index (κ3) is 6.66. The molecule has 0 aromatic heterocycles. The Morgan fingerprint density at radius 2 is 1.48 bits per heavy atom. The van der Waals surface area contributed by atoms with Crippen molar-refractivity contribution in [2.45, 2.75) is 6.54 Å². The van der Waals surface area contributed by atoms with Crippen LogP contribution in [0.15, 0.2) is 84.9 Å². The number of methoxy groups -OCH3 is 1. The van der Waals surface area contributed by atoms with Gasteiger partial charge in [0.05, 0.1) is 6.61 Å². The number of ether oxygens (including phenoxy) is 2. The van der Waals surface area contributed by atoms with Crippen molar-refractivity contribution in [2.75, 3.05) is 32.2 Å². The molecule has 0 fully saturated rings. The summed E-state index contributed by atoms with van der Waals surface area (Å²) in [5.74, 6) is 0.584. The van der Waals surface area contributed by atoms with E-state index >= 15 is 0 Å². The number of benzene rings is 3. The van der Waals surface area contributed by atoms with Crippen LogP contribution in [0.1, 0.15) is 5.56 Å². The molecule has 3 aromatic rings. The molecule has 0 unspecified atom stereocenters. The zero-order valence-corrected chi connectivity index (χ0v) is 16.6. The molecular formula is C24H26N2O3. The van der Waals surface area contributed by atoms with Crippen molar-refractivity contribution in [2.24, 2.45) is 0 Å². The Labute approximate surface area is 171 Å². The fourth-order valence-electron chi connectivity index (χ4n) is 2.86. The van der Waals surface area contributed by atoms with Crippen LogP contribution >= 0.6 is 0 Å². The van der Waals surface area contributed by atoms with Crippen molar-refractivity contribution >= 4 is 17.3 Å². The Kier molecular flexibility index (Phi) is 7.66. The standard InChI is InChI=1S/C24H26N2O3/c1-28-17-16-26(18-20-8-4-2-5-9-20)24(27)19-29-23-14-12-22(13-15-23)25-21-10-6-3-7-11-21/h2-15,25H,16-19H2,1H3. The maximum Gasteiger partial charge on any atom is 0.260 e. The fraction of sp³-hybridized carbons (Fsp3) is 0.208. The molecule has 0 aliphatic rings. The predicted octanol–water partition coefficient (Wildman–Crippen LogP) is 4.48. The van der Waals surface area contributed by atoms with E-state index in [-0.39, 0.29) is 12.5 Å². The van der Waals surface area contributed by atoms with Crippen molar-refractivity contribution in [3.05, 3.63) is 90.5 Å². The Morgan fingerprint density at radius 1 is 0.862 bits per heavy atom. The molecule has 0 atom stereocenters. The molecule has 29 heavy (non-hydrogen) atoms. The highest BCUT2D eigenvalue weighted by molar-refractivity contribution is 5.77. The molecule has 0 radical (unpaired) electrons. The monoisotopic (exact) mass is 390 g/mol. The highest BCUT2D eigenvalue weighted by Gasteiger charge is 2.14. The summed E-state index contributed by atoms with van der Waals surface area (Å²) in [4.78, 5) is 14.4. The Morgan fingerprint density at radius 3 is 2.14 bits per heavy atom. The summed E-state index contributed by atoms with van der Waals surface area (Å²) in [6, 6.07) is 27.4. The van der Waals surface area contributed by atoms with Crippen molar-refractivity contribution in [3.63, 3.8) is 0 Å². The van der Waals surface area contributed by atoms with Gasteiger partial charge in [-0.1, -0.05) is 48.5 Å². The summed E-state index contributed by atoms with van der Waals surface area (Å²) in [5, 5.41) is 3.32. The number of hydrogen-bond acceptors (Lipinski definition) is 4. The number of amides is 1. The molecule has 0 aliphatic heterocycles. The van der Waals surface area contributed by atoms with Crippen molar-refractivity contribution < 1.29 is 14.3 Å². The lowest BCUT2D eigenvalue weighted by molar-refractivity contribution is -0.134. The zero-order valence-electron chi connectivity index (χ0n) is 16.6. The van der Waals surface area contributed by atoms with Gasteiger partial charge in [0.25, 0.3) is 5.91 Å². The van der Waals surface area contributed by atoms with E-state index in [0.717, 1.165) is 16.9 Å². The summed E-state index contributed by atoms with van der Waals surface area (Å²) in [5.41, 5.74) is 3.06. The van der Waals surface area contributed by atoms with Gasteiger partial charge in [-0.15, -0.1) is 0 Å². The van der Waals surface area contributed by atoms with Crippen LogP contribution in [-0.4, -0.2) is 37.7 Å². The van der Waals surface area contributed by atoms with Crippen LogP contribution in [0.4, 0.5) is 11.4 Å². The minimum Gasteiger partial charge on any atom is -0.484 e. The van der Waals surface area contributed by atoms with E-state index in [1.165, 1.54) is 0 Å². The van der Waals surface area contributed by atoms with Gasteiger partial charge in [0, 0.05) is 31.6 Å². The molecule has 0 heterocycles. The summed E-state index contributed by atoms with van der Waals surface area (Å²) < 4.78 is 10.9. The number of nitrogens with one attached hydrogen (secondary N) is 1. The highest BCUT2D eigenvalue weighted by Crippen LogP contribution is 2.20. The molecule has 5 heteroatoms.